The summed E-state index contributed by atoms with van der Waals surface area (Å²) in [4.78, 5) is 27.1. The number of nitrogens with one attached hydrogen (secondary N) is 1. The van der Waals surface area contributed by atoms with Gasteiger partial charge in [-0.05, 0) is 59.2 Å². The summed E-state index contributed by atoms with van der Waals surface area (Å²) in [5.74, 6) is 0.243. The molecule has 0 bridgehead atoms. The number of aromatic nitrogens is 1. The highest BCUT2D eigenvalue weighted by molar-refractivity contribution is 6.42. The molecule has 0 unspecified atom stereocenters. The Balaban J connectivity index is 1.31. The van der Waals surface area contributed by atoms with Crippen LogP contribution in [0.5, 0.6) is 28.7 Å². The zero-order valence-corrected chi connectivity index (χ0v) is 25.7. The fraction of sp³-hybridized carbons (Fsp3) is 0.281. The molecule has 0 spiro atoms. The number of ether oxygens (including phenoxy) is 6. The molecule has 1 N–H and O–H groups in total. The topological polar surface area (TPSA) is 128 Å². The summed E-state index contributed by atoms with van der Waals surface area (Å²) < 4.78 is 39.3. The van der Waals surface area contributed by atoms with E-state index in [0.717, 1.165) is 16.7 Å². The van der Waals surface area contributed by atoms with Crippen molar-refractivity contribution < 1.29 is 42.5 Å². The first kappa shape index (κ1) is 29.1. The van der Waals surface area contributed by atoms with Crippen molar-refractivity contribution in [2.24, 2.45) is 11.8 Å². The number of fused-ring (bicyclic) bond motifs is 3. The van der Waals surface area contributed by atoms with E-state index in [2.05, 4.69) is 10.5 Å². The Hall–Kier alpha value is -4.61. The fourth-order valence-corrected chi connectivity index (χ4v) is 6.71. The van der Waals surface area contributed by atoms with Crippen LogP contribution in [0.4, 0.5) is 0 Å². The summed E-state index contributed by atoms with van der Waals surface area (Å²) in [6.45, 7) is 0.145. The highest BCUT2D eigenvalue weighted by Gasteiger charge is 2.53. The van der Waals surface area contributed by atoms with Crippen molar-refractivity contribution >= 4 is 35.1 Å². The predicted molar refractivity (Wildman–Crippen MR) is 161 cm³/mol. The SMILES string of the molecule is COc1cc([C@@H]2c3cc4c(cc3[C@@H](NC(=O)c3cc(-c5ccc(Cl)c(Cl)c5)on3)[C@H]3COC(=O)[C@H]23)OCO4)cc(OC)c1OC. The van der Waals surface area contributed by atoms with Crippen molar-refractivity contribution in [2.45, 2.75) is 12.0 Å². The Bertz CT molecular complexity index is 1820. The number of esters is 1. The number of rotatable bonds is 7. The highest BCUT2D eigenvalue weighted by atomic mass is 35.5. The van der Waals surface area contributed by atoms with Gasteiger partial charge in [-0.3, -0.25) is 9.59 Å². The van der Waals surface area contributed by atoms with Gasteiger partial charge >= 0.3 is 5.97 Å². The lowest BCUT2D eigenvalue weighted by Gasteiger charge is -2.39. The van der Waals surface area contributed by atoms with Gasteiger partial charge in [0.1, 0.15) is 0 Å². The van der Waals surface area contributed by atoms with Crippen LogP contribution in [0, 0.1) is 11.8 Å². The second-order valence-corrected chi connectivity index (χ2v) is 11.6. The van der Waals surface area contributed by atoms with Crippen molar-refractivity contribution in [1.29, 1.82) is 0 Å². The van der Waals surface area contributed by atoms with Crippen LogP contribution < -0.4 is 29.0 Å². The van der Waals surface area contributed by atoms with E-state index in [4.69, 9.17) is 56.1 Å². The van der Waals surface area contributed by atoms with Crippen LogP contribution in [0.25, 0.3) is 11.3 Å². The Morgan fingerprint density at radius 3 is 2.27 bits per heavy atom. The molecule has 1 aliphatic carbocycles. The molecule has 13 heteroatoms. The van der Waals surface area contributed by atoms with Gasteiger partial charge in [0, 0.05) is 23.5 Å². The second-order valence-electron chi connectivity index (χ2n) is 10.7. The first-order chi connectivity index (χ1) is 21.8. The number of cyclic esters (lactones) is 1. The molecule has 3 aliphatic rings. The quantitative estimate of drug-likeness (QED) is 0.244. The number of benzene rings is 3. The predicted octanol–water partition coefficient (Wildman–Crippen LogP) is 5.81. The summed E-state index contributed by atoms with van der Waals surface area (Å²) in [6, 6.07) is 13.2. The van der Waals surface area contributed by atoms with Crippen molar-refractivity contribution in [3.8, 4) is 40.1 Å². The Kier molecular flexibility index (Phi) is 7.37. The van der Waals surface area contributed by atoms with E-state index >= 15 is 0 Å². The Labute approximate surface area is 267 Å². The molecule has 45 heavy (non-hydrogen) atoms. The third-order valence-corrected chi connectivity index (χ3v) is 9.21. The van der Waals surface area contributed by atoms with Crippen LogP contribution in [0.2, 0.25) is 10.0 Å². The molecule has 11 nitrogen and oxygen atoms in total. The molecule has 1 amide bonds. The van der Waals surface area contributed by atoms with Gasteiger partial charge in [-0.15, -0.1) is 0 Å². The number of methoxy groups -OCH3 is 3. The first-order valence-corrected chi connectivity index (χ1v) is 14.7. The van der Waals surface area contributed by atoms with Crippen molar-refractivity contribution in [2.75, 3.05) is 34.7 Å². The summed E-state index contributed by atoms with van der Waals surface area (Å²) >= 11 is 12.2. The summed E-state index contributed by atoms with van der Waals surface area (Å²) in [5.41, 5.74) is 2.90. The maximum absolute atomic E-state index is 13.7. The molecule has 1 fully saturated rings. The lowest BCUT2D eigenvalue weighted by atomic mass is 9.65. The lowest BCUT2D eigenvalue weighted by molar-refractivity contribution is -0.141. The molecular formula is C32H26Cl2N2O9. The van der Waals surface area contributed by atoms with Gasteiger partial charge in [-0.1, -0.05) is 28.4 Å². The van der Waals surface area contributed by atoms with Gasteiger partial charge in [0.25, 0.3) is 5.91 Å². The van der Waals surface area contributed by atoms with E-state index in [-0.39, 0.29) is 25.1 Å². The standard InChI is InChI=1S/C32H26Cl2N2O9/c1-39-25-7-15(8-26(40-2)30(25)41-3)27-16-9-23-24(44-13-43-23)10-17(16)29(18-12-42-32(38)28(18)27)35-31(37)21-11-22(45-36-21)14-4-5-19(33)20(34)6-14/h4-11,18,27-29H,12-13H2,1-3H3,(H,35,37)/t18-,27+,28-,29+/m0/s1. The van der Waals surface area contributed by atoms with Gasteiger partial charge in [0.2, 0.25) is 12.5 Å². The van der Waals surface area contributed by atoms with Crippen molar-refractivity contribution in [3.63, 3.8) is 0 Å². The molecule has 1 saturated heterocycles. The molecule has 4 aromatic rings. The van der Waals surface area contributed by atoms with Gasteiger partial charge in [-0.2, -0.15) is 0 Å². The molecule has 1 aromatic heterocycles. The number of amides is 1. The number of hydrogen-bond acceptors (Lipinski definition) is 10. The highest BCUT2D eigenvalue weighted by Crippen LogP contribution is 2.55. The van der Waals surface area contributed by atoms with E-state index in [1.165, 1.54) is 27.4 Å². The number of nitrogens with zero attached hydrogens (tertiary/aromatic N) is 1. The largest absolute Gasteiger partial charge is 0.493 e. The van der Waals surface area contributed by atoms with Crippen LogP contribution in [0.15, 0.2) is 53.1 Å². The Morgan fingerprint density at radius 1 is 0.889 bits per heavy atom. The molecular weight excluding hydrogens is 627 g/mol. The van der Waals surface area contributed by atoms with Crippen LogP contribution in [0.1, 0.15) is 39.1 Å². The summed E-state index contributed by atoms with van der Waals surface area (Å²) in [6.07, 6.45) is 0. The molecule has 3 aromatic carbocycles. The zero-order chi connectivity index (χ0) is 31.4. The molecule has 2 aliphatic heterocycles. The number of carbonyl (C=O) groups is 2. The van der Waals surface area contributed by atoms with E-state index in [1.54, 1.807) is 18.2 Å². The minimum absolute atomic E-state index is 0.0481. The van der Waals surface area contributed by atoms with Gasteiger partial charge < -0.3 is 38.3 Å². The first-order valence-electron chi connectivity index (χ1n) is 13.9. The number of halogens is 2. The number of carbonyl (C=O) groups excluding carboxylic acids is 2. The minimum Gasteiger partial charge on any atom is -0.493 e. The molecule has 0 saturated carbocycles. The van der Waals surface area contributed by atoms with E-state index < -0.39 is 29.7 Å². The molecule has 0 radical (unpaired) electrons. The lowest BCUT2D eigenvalue weighted by Crippen LogP contribution is -2.43. The third kappa shape index (κ3) is 4.87. The van der Waals surface area contributed by atoms with E-state index in [9.17, 15) is 9.59 Å². The third-order valence-electron chi connectivity index (χ3n) is 8.47. The van der Waals surface area contributed by atoms with E-state index in [1.807, 2.05) is 24.3 Å². The molecule has 232 valence electrons. The zero-order valence-electron chi connectivity index (χ0n) is 24.2. The van der Waals surface area contributed by atoms with Crippen molar-refractivity contribution in [3.05, 3.63) is 81.0 Å². The minimum atomic E-state index is -0.657. The van der Waals surface area contributed by atoms with Crippen LogP contribution >= 0.6 is 23.2 Å². The average Bonchev–Trinajstić information content (AvgIpc) is 3.81. The smallest absolute Gasteiger partial charge is 0.310 e. The maximum atomic E-state index is 13.7. The summed E-state index contributed by atoms with van der Waals surface area (Å²) in [7, 11) is 4.59. The number of hydrogen-bond donors (Lipinski definition) is 1. The molecule has 3 heterocycles. The normalized spacial score (nSPS) is 21.0. The van der Waals surface area contributed by atoms with Gasteiger partial charge in [-0.25, -0.2) is 0 Å². The van der Waals surface area contributed by atoms with Crippen LogP contribution in [0.3, 0.4) is 0 Å². The Morgan fingerprint density at radius 2 is 1.60 bits per heavy atom. The monoisotopic (exact) mass is 652 g/mol. The average molecular weight is 653 g/mol. The molecule has 4 atom stereocenters. The van der Waals surface area contributed by atoms with Gasteiger partial charge in [0.05, 0.1) is 49.9 Å². The van der Waals surface area contributed by atoms with Gasteiger partial charge in [0.15, 0.2) is 34.5 Å². The second kappa shape index (κ2) is 11.4. The van der Waals surface area contributed by atoms with Crippen molar-refractivity contribution in [1.82, 2.24) is 10.5 Å². The molecule has 7 rings (SSSR count). The van der Waals surface area contributed by atoms with E-state index in [0.29, 0.717) is 50.1 Å². The fourth-order valence-electron chi connectivity index (χ4n) is 6.41. The summed E-state index contributed by atoms with van der Waals surface area (Å²) in [5, 5.41) is 7.82. The van der Waals surface area contributed by atoms with Crippen LogP contribution in [-0.2, 0) is 9.53 Å². The maximum Gasteiger partial charge on any atom is 0.310 e. The van der Waals surface area contributed by atoms with Crippen LogP contribution in [-0.4, -0.2) is 51.8 Å².